The largest absolute Gasteiger partial charge is 0.478 e. The van der Waals surface area contributed by atoms with Crippen molar-refractivity contribution in [2.45, 2.75) is 6.30 Å². The Labute approximate surface area is 44.3 Å². The quantitative estimate of drug-likeness (QED) is 0.517. The molecule has 0 heterocycles. The Morgan fingerprint density at radius 1 is 1.88 bits per heavy atom. The normalized spacial score (nSPS) is 13.2. The molecule has 0 bridgehead atoms. The third-order valence-corrected chi connectivity index (χ3v) is 0.473. The van der Waals surface area contributed by atoms with Gasteiger partial charge in [-0.2, -0.15) is 0 Å². The summed E-state index contributed by atoms with van der Waals surface area (Å²) in [7, 11) is 0. The van der Waals surface area contributed by atoms with Gasteiger partial charge in [0, 0.05) is 0 Å². The average molecular weight is 125 g/mol. The second-order valence-corrected chi connectivity index (χ2v) is 1.04. The second kappa shape index (κ2) is 3.31. The van der Waals surface area contributed by atoms with Gasteiger partial charge in [-0.05, 0) is 0 Å². The van der Waals surface area contributed by atoms with Gasteiger partial charge in [-0.25, -0.2) is 13.6 Å². The fraction of sp³-hybridized carbons (Fsp3) is 0.667. The molecule has 48 valence electrons. The summed E-state index contributed by atoms with van der Waals surface area (Å²) in [6.07, 6.45) is -2.29. The van der Waals surface area contributed by atoms with E-state index in [2.05, 4.69) is 0 Å². The van der Waals surface area contributed by atoms with E-state index in [1.165, 1.54) is 5.32 Å². The SMILES string of the molecule is O=C(O)C(F)NCF. The zero-order chi connectivity index (χ0) is 6.57. The Hall–Kier alpha value is -0.710. The Balaban J connectivity index is 3.32. The Morgan fingerprint density at radius 3 is 2.50 bits per heavy atom. The lowest BCUT2D eigenvalue weighted by Gasteiger charge is -1.97. The summed E-state index contributed by atoms with van der Waals surface area (Å²) in [5, 5.41) is 9.12. The first kappa shape index (κ1) is 7.29. The summed E-state index contributed by atoms with van der Waals surface area (Å²) in [6, 6.07) is 0. The van der Waals surface area contributed by atoms with E-state index in [1.54, 1.807) is 0 Å². The maximum absolute atomic E-state index is 11.6. The molecule has 0 saturated heterocycles. The van der Waals surface area contributed by atoms with Gasteiger partial charge in [0.1, 0.15) is 6.80 Å². The number of carboxylic acids is 1. The number of nitrogens with one attached hydrogen (secondary N) is 1. The van der Waals surface area contributed by atoms with Crippen LogP contribution in [0.2, 0.25) is 0 Å². The zero-order valence-corrected chi connectivity index (χ0v) is 3.90. The second-order valence-electron chi connectivity index (χ2n) is 1.04. The van der Waals surface area contributed by atoms with Crippen molar-refractivity contribution in [3.63, 3.8) is 0 Å². The van der Waals surface area contributed by atoms with E-state index in [4.69, 9.17) is 5.11 Å². The number of rotatable bonds is 3. The summed E-state index contributed by atoms with van der Waals surface area (Å²) in [6.45, 7) is -1.17. The van der Waals surface area contributed by atoms with Gasteiger partial charge in [0.25, 0.3) is 6.30 Å². The third kappa shape index (κ3) is 2.46. The van der Waals surface area contributed by atoms with Crippen LogP contribution in [0.3, 0.4) is 0 Å². The summed E-state index contributed by atoms with van der Waals surface area (Å²) in [5.74, 6) is -1.71. The highest BCUT2D eigenvalue weighted by molar-refractivity contribution is 5.71. The molecular formula is C3H5F2NO2. The van der Waals surface area contributed by atoms with Crippen molar-refractivity contribution in [1.82, 2.24) is 5.32 Å². The molecule has 0 aliphatic heterocycles. The van der Waals surface area contributed by atoms with Gasteiger partial charge in [-0.3, -0.25) is 5.32 Å². The lowest BCUT2D eigenvalue weighted by atomic mass is 10.6. The molecule has 5 heteroatoms. The zero-order valence-electron chi connectivity index (χ0n) is 3.90. The van der Waals surface area contributed by atoms with Gasteiger partial charge in [-0.15, -0.1) is 0 Å². The number of hydrogen-bond donors (Lipinski definition) is 2. The van der Waals surface area contributed by atoms with Crippen molar-refractivity contribution in [2.24, 2.45) is 0 Å². The van der Waals surface area contributed by atoms with Gasteiger partial charge < -0.3 is 5.11 Å². The molecule has 2 N–H and O–H groups in total. The van der Waals surface area contributed by atoms with Crippen molar-refractivity contribution >= 4 is 5.97 Å². The average Bonchev–Trinajstić information content (AvgIpc) is 1.67. The van der Waals surface area contributed by atoms with E-state index >= 15 is 0 Å². The minimum Gasteiger partial charge on any atom is -0.478 e. The minimum absolute atomic E-state index is 1.17. The van der Waals surface area contributed by atoms with Gasteiger partial charge in [0.15, 0.2) is 0 Å². The molecule has 3 nitrogen and oxygen atoms in total. The highest BCUT2D eigenvalue weighted by atomic mass is 19.1. The highest BCUT2D eigenvalue weighted by Crippen LogP contribution is 1.82. The topological polar surface area (TPSA) is 49.3 Å². The molecule has 0 amide bonds. The third-order valence-electron chi connectivity index (χ3n) is 0.473. The molecule has 0 aromatic heterocycles. The number of carbonyl (C=O) groups is 1. The van der Waals surface area contributed by atoms with Gasteiger partial charge >= 0.3 is 5.97 Å². The van der Waals surface area contributed by atoms with Crippen molar-refractivity contribution in [3.05, 3.63) is 0 Å². The number of aliphatic carboxylic acids is 1. The van der Waals surface area contributed by atoms with Crippen LogP contribution >= 0.6 is 0 Å². The van der Waals surface area contributed by atoms with Crippen LogP contribution in [0.15, 0.2) is 0 Å². The van der Waals surface area contributed by atoms with E-state index in [0.717, 1.165) is 0 Å². The molecule has 0 aliphatic carbocycles. The molecule has 0 radical (unpaired) electrons. The van der Waals surface area contributed by atoms with Crippen LogP contribution in [0.5, 0.6) is 0 Å². The smallest absolute Gasteiger partial charge is 0.353 e. The van der Waals surface area contributed by atoms with Crippen LogP contribution in [0, 0.1) is 0 Å². The molecule has 1 unspecified atom stereocenters. The lowest BCUT2D eigenvalue weighted by Crippen LogP contribution is -2.31. The monoisotopic (exact) mass is 125 g/mol. The predicted molar refractivity (Wildman–Crippen MR) is 21.6 cm³/mol. The Bertz CT molecular complexity index is 87.4. The Kier molecular flexibility index (Phi) is 3.02. The van der Waals surface area contributed by atoms with Gasteiger partial charge in [-0.1, -0.05) is 0 Å². The molecule has 0 rings (SSSR count). The predicted octanol–water partition coefficient (Wildman–Crippen LogP) is -0.117. The van der Waals surface area contributed by atoms with Crippen molar-refractivity contribution in [3.8, 4) is 0 Å². The fourth-order valence-corrected chi connectivity index (χ4v) is 0.155. The first-order valence-corrected chi connectivity index (χ1v) is 1.84. The minimum atomic E-state index is -2.29. The van der Waals surface area contributed by atoms with E-state index in [-0.39, 0.29) is 0 Å². The molecule has 0 aromatic rings. The van der Waals surface area contributed by atoms with E-state index in [1.807, 2.05) is 0 Å². The molecule has 0 aliphatic rings. The lowest BCUT2D eigenvalue weighted by molar-refractivity contribution is -0.144. The van der Waals surface area contributed by atoms with Crippen molar-refractivity contribution in [1.29, 1.82) is 0 Å². The van der Waals surface area contributed by atoms with E-state index < -0.39 is 19.1 Å². The van der Waals surface area contributed by atoms with Crippen molar-refractivity contribution < 1.29 is 18.7 Å². The van der Waals surface area contributed by atoms with Crippen LogP contribution in [-0.2, 0) is 4.79 Å². The van der Waals surface area contributed by atoms with Crippen LogP contribution in [0.1, 0.15) is 0 Å². The number of halogens is 2. The molecule has 0 spiro atoms. The molecule has 1 atom stereocenters. The van der Waals surface area contributed by atoms with E-state index in [0.29, 0.717) is 0 Å². The number of carboxylic acid groups (broad SMARTS) is 1. The first-order chi connectivity index (χ1) is 3.68. The molecule has 0 aromatic carbocycles. The Morgan fingerprint density at radius 2 is 2.38 bits per heavy atom. The molecule has 0 fully saturated rings. The number of alkyl halides is 2. The summed E-state index contributed by atoms with van der Waals surface area (Å²) < 4.78 is 22.6. The maximum Gasteiger partial charge on any atom is 0.353 e. The molecular weight excluding hydrogens is 120 g/mol. The maximum atomic E-state index is 11.6. The standard InChI is InChI=1S/C3H5F2NO2/c4-1-6-2(5)3(7)8/h2,6H,1H2,(H,7,8). The van der Waals surface area contributed by atoms with Crippen LogP contribution in [0.25, 0.3) is 0 Å². The van der Waals surface area contributed by atoms with Crippen LogP contribution in [0.4, 0.5) is 8.78 Å². The van der Waals surface area contributed by atoms with Crippen molar-refractivity contribution in [2.75, 3.05) is 6.80 Å². The van der Waals surface area contributed by atoms with Crippen LogP contribution in [-0.4, -0.2) is 24.2 Å². The first-order valence-electron chi connectivity index (χ1n) is 1.84. The molecule has 8 heavy (non-hydrogen) atoms. The van der Waals surface area contributed by atoms with Gasteiger partial charge in [0.2, 0.25) is 0 Å². The highest BCUT2D eigenvalue weighted by Gasteiger charge is 2.12. The van der Waals surface area contributed by atoms with Crippen LogP contribution < -0.4 is 5.32 Å². The summed E-state index contributed by atoms with van der Waals surface area (Å²) >= 11 is 0. The molecule has 0 saturated carbocycles. The summed E-state index contributed by atoms with van der Waals surface area (Å²) in [5.41, 5.74) is 0. The summed E-state index contributed by atoms with van der Waals surface area (Å²) in [4.78, 5) is 9.49. The fourth-order valence-electron chi connectivity index (χ4n) is 0.155. The van der Waals surface area contributed by atoms with E-state index in [9.17, 15) is 13.6 Å². The van der Waals surface area contributed by atoms with Gasteiger partial charge in [0.05, 0.1) is 0 Å². The number of hydrogen-bond acceptors (Lipinski definition) is 2.